The third-order valence-corrected chi connectivity index (χ3v) is 2.38. The standard InChI is InChI=1S/C11H20N2/c1-5-6-10(4)13-8-7-11(12-13)9(2)3/h7-10H,5-6H2,1-4H3. The molecule has 0 amide bonds. The van der Waals surface area contributed by atoms with Crippen molar-refractivity contribution < 1.29 is 0 Å². The highest BCUT2D eigenvalue weighted by Crippen LogP contribution is 2.16. The van der Waals surface area contributed by atoms with Crippen molar-refractivity contribution >= 4 is 0 Å². The molecule has 0 aliphatic heterocycles. The first-order valence-corrected chi connectivity index (χ1v) is 5.20. The first-order chi connectivity index (χ1) is 6.15. The van der Waals surface area contributed by atoms with Gasteiger partial charge in [-0.15, -0.1) is 0 Å². The summed E-state index contributed by atoms with van der Waals surface area (Å²) in [5, 5.41) is 4.54. The van der Waals surface area contributed by atoms with Gasteiger partial charge in [0.25, 0.3) is 0 Å². The number of aromatic nitrogens is 2. The Bertz CT molecular complexity index is 250. The second-order valence-electron chi connectivity index (χ2n) is 4.01. The molecular formula is C11H20N2. The SMILES string of the molecule is CCCC(C)n1ccc(C(C)C)n1. The van der Waals surface area contributed by atoms with Crippen molar-refractivity contribution in [3.63, 3.8) is 0 Å². The second kappa shape index (κ2) is 4.45. The van der Waals surface area contributed by atoms with Gasteiger partial charge in [0.15, 0.2) is 0 Å². The van der Waals surface area contributed by atoms with Crippen molar-refractivity contribution in [2.75, 3.05) is 0 Å². The molecule has 2 heteroatoms. The van der Waals surface area contributed by atoms with Crippen LogP contribution in [0.4, 0.5) is 0 Å². The predicted molar refractivity (Wildman–Crippen MR) is 55.9 cm³/mol. The van der Waals surface area contributed by atoms with Gasteiger partial charge in [-0.1, -0.05) is 27.2 Å². The predicted octanol–water partition coefficient (Wildman–Crippen LogP) is 3.37. The topological polar surface area (TPSA) is 17.8 Å². The first kappa shape index (κ1) is 10.3. The van der Waals surface area contributed by atoms with E-state index in [9.17, 15) is 0 Å². The first-order valence-electron chi connectivity index (χ1n) is 5.20. The monoisotopic (exact) mass is 180 g/mol. The van der Waals surface area contributed by atoms with Crippen LogP contribution in [-0.4, -0.2) is 9.78 Å². The minimum absolute atomic E-state index is 0.537. The lowest BCUT2D eigenvalue weighted by Gasteiger charge is -2.10. The zero-order valence-corrected chi connectivity index (χ0v) is 9.12. The summed E-state index contributed by atoms with van der Waals surface area (Å²) < 4.78 is 2.08. The maximum atomic E-state index is 4.54. The van der Waals surface area contributed by atoms with Crippen molar-refractivity contribution in [1.29, 1.82) is 0 Å². The summed E-state index contributed by atoms with van der Waals surface area (Å²) in [6.07, 6.45) is 4.52. The molecule has 1 aromatic heterocycles. The van der Waals surface area contributed by atoms with E-state index in [1.807, 2.05) is 0 Å². The zero-order chi connectivity index (χ0) is 9.84. The van der Waals surface area contributed by atoms with E-state index < -0.39 is 0 Å². The molecule has 0 aliphatic rings. The summed E-state index contributed by atoms with van der Waals surface area (Å²) in [7, 11) is 0. The highest BCUT2D eigenvalue weighted by Gasteiger charge is 2.07. The van der Waals surface area contributed by atoms with Crippen LogP contribution in [-0.2, 0) is 0 Å². The number of hydrogen-bond acceptors (Lipinski definition) is 1. The molecule has 0 fully saturated rings. The van der Waals surface area contributed by atoms with E-state index in [2.05, 4.69) is 49.7 Å². The Morgan fingerprint density at radius 1 is 1.38 bits per heavy atom. The largest absolute Gasteiger partial charge is 0.270 e. The molecular weight excluding hydrogens is 160 g/mol. The van der Waals surface area contributed by atoms with Crippen molar-refractivity contribution in [1.82, 2.24) is 9.78 Å². The molecule has 74 valence electrons. The highest BCUT2D eigenvalue weighted by atomic mass is 15.3. The molecule has 1 unspecified atom stereocenters. The van der Waals surface area contributed by atoms with Gasteiger partial charge >= 0.3 is 0 Å². The fourth-order valence-electron chi connectivity index (χ4n) is 1.46. The Hall–Kier alpha value is -0.790. The minimum Gasteiger partial charge on any atom is -0.270 e. The summed E-state index contributed by atoms with van der Waals surface area (Å²) in [5.74, 6) is 0.537. The Morgan fingerprint density at radius 3 is 2.54 bits per heavy atom. The molecule has 1 atom stereocenters. The van der Waals surface area contributed by atoms with Gasteiger partial charge in [0, 0.05) is 12.2 Å². The van der Waals surface area contributed by atoms with Gasteiger partial charge in [0.05, 0.1) is 5.69 Å². The average molecular weight is 180 g/mol. The number of nitrogens with zero attached hydrogens (tertiary/aromatic N) is 2. The van der Waals surface area contributed by atoms with Gasteiger partial charge in [0.1, 0.15) is 0 Å². The number of rotatable bonds is 4. The van der Waals surface area contributed by atoms with E-state index in [1.165, 1.54) is 18.5 Å². The van der Waals surface area contributed by atoms with Gasteiger partial charge in [-0.05, 0) is 25.3 Å². The maximum absolute atomic E-state index is 4.54. The van der Waals surface area contributed by atoms with Crippen LogP contribution in [0.1, 0.15) is 58.2 Å². The van der Waals surface area contributed by atoms with E-state index in [0.717, 1.165) is 0 Å². The zero-order valence-electron chi connectivity index (χ0n) is 9.12. The van der Waals surface area contributed by atoms with Crippen LogP contribution in [0, 0.1) is 0 Å². The van der Waals surface area contributed by atoms with Crippen molar-refractivity contribution in [3.05, 3.63) is 18.0 Å². The van der Waals surface area contributed by atoms with Crippen LogP contribution in [0.25, 0.3) is 0 Å². The molecule has 0 N–H and O–H groups in total. The Balaban J connectivity index is 2.67. The summed E-state index contributed by atoms with van der Waals surface area (Å²) in [5.41, 5.74) is 1.20. The van der Waals surface area contributed by atoms with Crippen LogP contribution in [0.5, 0.6) is 0 Å². The molecule has 0 aromatic carbocycles. The normalized spacial score (nSPS) is 13.6. The van der Waals surface area contributed by atoms with Crippen LogP contribution >= 0.6 is 0 Å². The third-order valence-electron chi connectivity index (χ3n) is 2.38. The molecule has 0 radical (unpaired) electrons. The molecule has 0 spiro atoms. The van der Waals surface area contributed by atoms with Crippen molar-refractivity contribution in [2.24, 2.45) is 0 Å². The Morgan fingerprint density at radius 2 is 2.08 bits per heavy atom. The highest BCUT2D eigenvalue weighted by molar-refractivity contribution is 5.04. The van der Waals surface area contributed by atoms with Gasteiger partial charge in [-0.2, -0.15) is 5.10 Å². The van der Waals surface area contributed by atoms with Crippen LogP contribution in [0.15, 0.2) is 12.3 Å². The smallest absolute Gasteiger partial charge is 0.0650 e. The quantitative estimate of drug-likeness (QED) is 0.694. The summed E-state index contributed by atoms with van der Waals surface area (Å²) in [6, 6.07) is 2.66. The average Bonchev–Trinajstić information content (AvgIpc) is 2.52. The second-order valence-corrected chi connectivity index (χ2v) is 4.01. The van der Waals surface area contributed by atoms with E-state index in [1.54, 1.807) is 0 Å². The molecule has 2 nitrogen and oxygen atoms in total. The maximum Gasteiger partial charge on any atom is 0.0650 e. The van der Waals surface area contributed by atoms with Gasteiger partial charge in [-0.3, -0.25) is 4.68 Å². The van der Waals surface area contributed by atoms with E-state index in [4.69, 9.17) is 0 Å². The fraction of sp³-hybridized carbons (Fsp3) is 0.727. The van der Waals surface area contributed by atoms with E-state index in [-0.39, 0.29) is 0 Å². The summed E-state index contributed by atoms with van der Waals surface area (Å²) in [4.78, 5) is 0. The van der Waals surface area contributed by atoms with Crippen LogP contribution < -0.4 is 0 Å². The van der Waals surface area contributed by atoms with Crippen LogP contribution in [0.3, 0.4) is 0 Å². The number of hydrogen-bond donors (Lipinski definition) is 0. The fourth-order valence-corrected chi connectivity index (χ4v) is 1.46. The molecule has 0 aliphatic carbocycles. The van der Waals surface area contributed by atoms with Gasteiger partial charge in [0.2, 0.25) is 0 Å². The lowest BCUT2D eigenvalue weighted by atomic mass is 10.1. The van der Waals surface area contributed by atoms with E-state index >= 15 is 0 Å². The van der Waals surface area contributed by atoms with E-state index in [0.29, 0.717) is 12.0 Å². The lowest BCUT2D eigenvalue weighted by Crippen LogP contribution is -2.06. The molecule has 0 saturated carbocycles. The molecule has 0 saturated heterocycles. The van der Waals surface area contributed by atoms with Crippen LogP contribution in [0.2, 0.25) is 0 Å². The third kappa shape index (κ3) is 2.58. The van der Waals surface area contributed by atoms with Crippen molar-refractivity contribution in [2.45, 2.75) is 52.5 Å². The molecule has 1 heterocycles. The molecule has 13 heavy (non-hydrogen) atoms. The molecule has 0 bridgehead atoms. The molecule has 1 rings (SSSR count). The lowest BCUT2D eigenvalue weighted by molar-refractivity contribution is 0.450. The van der Waals surface area contributed by atoms with Crippen molar-refractivity contribution in [3.8, 4) is 0 Å². The minimum atomic E-state index is 0.537. The Kier molecular flexibility index (Phi) is 3.52. The van der Waals surface area contributed by atoms with Gasteiger partial charge < -0.3 is 0 Å². The summed E-state index contributed by atoms with van der Waals surface area (Å²) >= 11 is 0. The Labute approximate surface area is 81.0 Å². The van der Waals surface area contributed by atoms with Gasteiger partial charge in [-0.25, -0.2) is 0 Å². The molecule has 1 aromatic rings. The summed E-state index contributed by atoms with van der Waals surface area (Å²) in [6.45, 7) is 8.79.